The van der Waals surface area contributed by atoms with Gasteiger partial charge in [-0.25, -0.2) is 15.7 Å². The molecule has 0 spiro atoms. The van der Waals surface area contributed by atoms with Gasteiger partial charge in [0.25, 0.3) is 5.63 Å². The summed E-state index contributed by atoms with van der Waals surface area (Å²) < 4.78 is 19.2. The molecule has 2 N–H and O–H groups in total. The van der Waals surface area contributed by atoms with Crippen molar-refractivity contribution in [3.8, 4) is 6.07 Å². The minimum Gasteiger partial charge on any atom is -0.522 e. The van der Waals surface area contributed by atoms with Gasteiger partial charge in [-0.05, 0) is 37.7 Å². The van der Waals surface area contributed by atoms with Gasteiger partial charge in [0.05, 0.1) is 5.69 Å². The Labute approximate surface area is 224 Å². The second kappa shape index (κ2) is 17.3. The number of anilines is 1. The standard InChI is InChI=1S/C17H12FNO2.C3H6NO.C2H2N.CH3.Li.U/c1-10-12-6-2-3-8-15(12)21-17(20)13(10)9-11-5-4-7-14(19)16(11)18;1-4(2)3-5;1-2-3;;;/h2,4-8H,1,9,19H2;1-2H3;1H2;1H3;;/q-2;3*-1;+1;+2. The van der Waals surface area contributed by atoms with Crippen molar-refractivity contribution in [1.82, 2.24) is 4.90 Å². The van der Waals surface area contributed by atoms with Crippen LogP contribution in [0.3, 0.4) is 0 Å². The monoisotopic (exact) mass is 653 g/mol. The number of halogens is 1. The molecule has 0 aliphatic rings. The molecular weight excluding hydrogens is 630 g/mol. The number of benzene rings is 2. The zero-order chi connectivity index (χ0) is 22.0. The van der Waals surface area contributed by atoms with Gasteiger partial charge in [0.15, 0.2) is 0 Å². The van der Waals surface area contributed by atoms with Crippen LogP contribution < -0.4 is 30.2 Å². The molecule has 9 heteroatoms. The molecule has 0 bridgehead atoms. The van der Waals surface area contributed by atoms with Gasteiger partial charge in [0.1, 0.15) is 5.82 Å². The summed E-state index contributed by atoms with van der Waals surface area (Å²) in [5.41, 5.74) is 6.71. The Morgan fingerprint density at radius 1 is 1.34 bits per heavy atom. The first kappa shape index (κ1) is 34.3. The fraction of sp³-hybridized carbons (Fsp3) is 0.130. The second-order valence-corrected chi connectivity index (χ2v) is 5.91. The normalized spacial score (nSPS) is 8.44. The number of fused-ring (bicyclic) bond motifs is 1. The maximum Gasteiger partial charge on any atom is 2.00 e. The number of hydrogen-bond donors (Lipinski definition) is 1. The van der Waals surface area contributed by atoms with E-state index in [0.29, 0.717) is 27.7 Å². The number of nitrogens with zero attached hydrogens (tertiary/aromatic N) is 2. The molecule has 3 rings (SSSR count). The maximum atomic E-state index is 14.0. The van der Waals surface area contributed by atoms with Crippen molar-refractivity contribution in [2.75, 3.05) is 19.8 Å². The Balaban J connectivity index is -0.000000669. The minimum absolute atomic E-state index is 0. The number of nitrogens with two attached hydrogens (primary N) is 1. The number of hydrogen-bond acceptors (Lipinski definition) is 5. The Kier molecular flexibility index (Phi) is 18.6. The first-order valence-corrected chi connectivity index (χ1v) is 8.28. The fourth-order valence-corrected chi connectivity index (χ4v) is 2.30. The molecule has 32 heavy (non-hydrogen) atoms. The van der Waals surface area contributed by atoms with E-state index in [9.17, 15) is 14.0 Å². The maximum absolute atomic E-state index is 14.0. The Hall–Kier alpha value is -2.27. The zero-order valence-corrected chi connectivity index (χ0v) is 22.8. The van der Waals surface area contributed by atoms with E-state index < -0.39 is 11.4 Å². The molecule has 2 aromatic carbocycles. The molecule has 1 aromatic heterocycles. The van der Waals surface area contributed by atoms with Crippen LogP contribution >= 0.6 is 0 Å². The first-order valence-electron chi connectivity index (χ1n) is 8.28. The summed E-state index contributed by atoms with van der Waals surface area (Å²) in [6, 6.07) is 14.1. The van der Waals surface area contributed by atoms with Crippen LogP contribution in [0.25, 0.3) is 11.0 Å². The average molecular weight is 653 g/mol. The van der Waals surface area contributed by atoms with Gasteiger partial charge in [-0.1, -0.05) is 17.7 Å². The topological polar surface area (TPSA) is 100 Å². The summed E-state index contributed by atoms with van der Waals surface area (Å²) in [5.74, 6) is -0.516. The summed E-state index contributed by atoms with van der Waals surface area (Å²) in [4.78, 5) is 22.7. The quantitative estimate of drug-likeness (QED) is 0.146. The third kappa shape index (κ3) is 9.90. The van der Waals surface area contributed by atoms with Gasteiger partial charge in [-0.2, -0.15) is 36.4 Å². The molecule has 0 unspecified atom stereocenters. The van der Waals surface area contributed by atoms with Crippen LogP contribution in [0.5, 0.6) is 0 Å². The molecule has 6 nitrogen and oxygen atoms in total. The molecule has 0 saturated carbocycles. The first-order chi connectivity index (χ1) is 13.8. The van der Waals surface area contributed by atoms with E-state index in [4.69, 9.17) is 15.4 Å². The van der Waals surface area contributed by atoms with Crippen molar-refractivity contribution in [1.29, 1.82) is 5.26 Å². The van der Waals surface area contributed by atoms with Crippen molar-refractivity contribution in [3.05, 3.63) is 96.7 Å². The van der Waals surface area contributed by atoms with Gasteiger partial charge >= 0.3 is 50.0 Å². The zero-order valence-electron chi connectivity index (χ0n) is 18.7. The van der Waals surface area contributed by atoms with Crippen molar-refractivity contribution in [3.63, 3.8) is 0 Å². The van der Waals surface area contributed by atoms with Gasteiger partial charge in [0, 0.05) is 0 Å². The predicted octanol–water partition coefficient (Wildman–Crippen LogP) is 0.501. The number of amides is 1. The third-order valence-electron chi connectivity index (χ3n) is 3.62. The SMILES string of the molecule is CN(C)[C-]=O.[CH2-]C#N.[CH2-]c1c(Cc2cccc(N)c2F)c(=O)oc2c[c-]ccc12.[CH3-].[Li+].[U+2]. The smallest absolute Gasteiger partial charge is 0.522 e. The molecule has 0 fully saturated rings. The van der Waals surface area contributed by atoms with E-state index in [1.807, 2.05) is 0 Å². The van der Waals surface area contributed by atoms with Crippen molar-refractivity contribution in [2.45, 2.75) is 6.42 Å². The third-order valence-corrected chi connectivity index (χ3v) is 3.62. The van der Waals surface area contributed by atoms with E-state index in [0.717, 1.165) is 0 Å². The number of nitriles is 1. The molecule has 3 aromatic rings. The summed E-state index contributed by atoms with van der Waals surface area (Å²) >= 11 is 0. The van der Waals surface area contributed by atoms with Crippen LogP contribution in [0.4, 0.5) is 10.1 Å². The average Bonchev–Trinajstić information content (AvgIpc) is 2.69. The molecule has 0 saturated heterocycles. The van der Waals surface area contributed by atoms with Crippen LogP contribution in [0.15, 0.2) is 45.6 Å². The van der Waals surface area contributed by atoms with Gasteiger partial charge in [0.2, 0.25) is 0 Å². The fourth-order valence-electron chi connectivity index (χ4n) is 2.30. The Morgan fingerprint density at radius 3 is 2.44 bits per heavy atom. The van der Waals surface area contributed by atoms with Crippen LogP contribution in [-0.2, 0) is 11.2 Å². The Bertz CT molecular complexity index is 1080. The summed E-state index contributed by atoms with van der Waals surface area (Å²) in [6.45, 7) is 6.72. The van der Waals surface area contributed by atoms with Crippen LogP contribution in [0, 0.1) is 75.6 Å². The molecule has 0 atom stereocenters. The van der Waals surface area contributed by atoms with Crippen LogP contribution in [0.1, 0.15) is 16.7 Å². The second-order valence-electron chi connectivity index (χ2n) is 5.91. The van der Waals surface area contributed by atoms with E-state index in [-0.39, 0.29) is 69.5 Å². The Morgan fingerprint density at radius 2 is 1.91 bits per heavy atom. The van der Waals surface area contributed by atoms with Crippen LogP contribution in [0.2, 0.25) is 0 Å². The summed E-state index contributed by atoms with van der Waals surface area (Å²) in [5, 5.41) is 7.92. The molecule has 1 amide bonds. The predicted molar refractivity (Wildman–Crippen MR) is 116 cm³/mol. The molecule has 1 heterocycles. The molecule has 0 radical (unpaired) electrons. The number of nitrogen functional groups attached to an aromatic ring is 1. The van der Waals surface area contributed by atoms with Crippen molar-refractivity contribution >= 4 is 23.1 Å². The van der Waals surface area contributed by atoms with E-state index in [2.05, 4.69) is 19.9 Å². The van der Waals surface area contributed by atoms with E-state index in [1.54, 1.807) is 50.8 Å². The van der Waals surface area contributed by atoms with Crippen molar-refractivity contribution < 1.29 is 63.6 Å². The van der Waals surface area contributed by atoms with Gasteiger partial charge in [-0.3, -0.25) is 4.79 Å². The van der Waals surface area contributed by atoms with Gasteiger partial charge < -0.3 is 34.2 Å². The summed E-state index contributed by atoms with van der Waals surface area (Å²) in [6.07, 6.45) is 1.70. The van der Waals surface area contributed by atoms with E-state index in [1.165, 1.54) is 17.0 Å². The minimum atomic E-state index is -0.520. The number of rotatable bonds is 3. The van der Waals surface area contributed by atoms with Crippen molar-refractivity contribution in [2.24, 2.45) is 0 Å². The number of carbonyl (C=O) groups excluding carboxylic acids is 1. The van der Waals surface area contributed by atoms with E-state index >= 15 is 0 Å². The van der Waals surface area contributed by atoms with Crippen LogP contribution in [-0.4, -0.2) is 25.4 Å². The molecular formula is C23H23FLiN3O3U-2. The molecule has 0 aliphatic heterocycles. The summed E-state index contributed by atoms with van der Waals surface area (Å²) in [7, 11) is 3.26. The molecule has 0 aliphatic carbocycles. The largest absolute Gasteiger partial charge is 2.00 e. The van der Waals surface area contributed by atoms with Gasteiger partial charge in [-0.15, -0.1) is 12.1 Å². The molecule has 162 valence electrons.